The number of nitrogens with zero attached hydrogens (tertiary/aromatic N) is 4. The summed E-state index contributed by atoms with van der Waals surface area (Å²) in [6.07, 6.45) is 0. The van der Waals surface area contributed by atoms with Crippen LogP contribution in [0.2, 0.25) is 0 Å². The lowest BCUT2D eigenvalue weighted by Gasteiger charge is -2.05. The molecule has 0 atom stereocenters. The predicted octanol–water partition coefficient (Wildman–Crippen LogP) is 0.412. The molecule has 22 heavy (non-hydrogen) atoms. The molecule has 0 aliphatic rings. The SMILES string of the molecule is CCn1c(CSc2n[nH]c(N)n2)nc2cc(C(=O)[O-])ccc21. The number of carboxylic acids is 1. The summed E-state index contributed by atoms with van der Waals surface area (Å²) in [7, 11) is 0. The normalized spacial score (nSPS) is 11.1. The van der Waals surface area contributed by atoms with Crippen LogP contribution in [0.1, 0.15) is 23.1 Å². The number of nitrogen functional groups attached to an aromatic ring is 1. The fourth-order valence-electron chi connectivity index (χ4n) is 2.22. The number of carbonyl (C=O) groups is 1. The third kappa shape index (κ3) is 2.62. The second-order valence-corrected chi connectivity index (χ2v) is 5.50. The fraction of sp³-hybridized carbons (Fsp3) is 0.231. The molecule has 3 N–H and O–H groups in total. The number of aromatic amines is 1. The largest absolute Gasteiger partial charge is 0.545 e. The van der Waals surface area contributed by atoms with E-state index in [1.54, 1.807) is 6.07 Å². The topological polar surface area (TPSA) is 126 Å². The lowest BCUT2D eigenvalue weighted by molar-refractivity contribution is -0.255. The van der Waals surface area contributed by atoms with E-state index in [1.807, 2.05) is 11.5 Å². The molecule has 1 aromatic carbocycles. The molecular weight excluding hydrogens is 304 g/mol. The van der Waals surface area contributed by atoms with Crippen molar-refractivity contribution >= 4 is 34.7 Å². The van der Waals surface area contributed by atoms with E-state index in [9.17, 15) is 9.90 Å². The number of nitrogens with two attached hydrogens (primary N) is 1. The van der Waals surface area contributed by atoms with Gasteiger partial charge in [-0.05, 0) is 24.6 Å². The Bertz CT molecular complexity index is 840. The quantitative estimate of drug-likeness (QED) is 0.653. The number of H-pyrrole nitrogens is 1. The number of anilines is 1. The minimum absolute atomic E-state index is 0.120. The number of rotatable bonds is 5. The van der Waals surface area contributed by atoms with E-state index in [0.717, 1.165) is 17.9 Å². The van der Waals surface area contributed by atoms with E-state index in [0.29, 0.717) is 16.4 Å². The minimum atomic E-state index is -1.21. The van der Waals surface area contributed by atoms with E-state index in [1.165, 1.54) is 23.9 Å². The summed E-state index contributed by atoms with van der Waals surface area (Å²) in [6, 6.07) is 4.80. The summed E-state index contributed by atoms with van der Waals surface area (Å²) in [6.45, 7) is 2.74. The molecule has 0 aliphatic carbocycles. The minimum Gasteiger partial charge on any atom is -0.545 e. The molecule has 0 spiro atoms. The molecule has 2 aromatic heterocycles. The van der Waals surface area contributed by atoms with Gasteiger partial charge in [0.15, 0.2) is 0 Å². The van der Waals surface area contributed by atoms with Gasteiger partial charge in [-0.25, -0.2) is 10.1 Å². The third-order valence-corrected chi connectivity index (χ3v) is 4.04. The maximum absolute atomic E-state index is 10.9. The molecule has 8 nitrogen and oxygen atoms in total. The van der Waals surface area contributed by atoms with Gasteiger partial charge in [-0.2, -0.15) is 4.98 Å². The van der Waals surface area contributed by atoms with Gasteiger partial charge in [0.05, 0.1) is 22.8 Å². The molecular formula is C13H13N6O2S-. The second kappa shape index (κ2) is 5.68. The van der Waals surface area contributed by atoms with Crippen LogP contribution in [0.3, 0.4) is 0 Å². The Morgan fingerprint density at radius 2 is 2.27 bits per heavy atom. The molecule has 0 unspecified atom stereocenters. The zero-order valence-electron chi connectivity index (χ0n) is 11.7. The number of nitrogens with one attached hydrogen (secondary N) is 1. The Hall–Kier alpha value is -2.55. The highest BCUT2D eigenvalue weighted by Gasteiger charge is 2.12. The molecule has 0 fully saturated rings. The van der Waals surface area contributed by atoms with E-state index < -0.39 is 5.97 Å². The Morgan fingerprint density at radius 3 is 2.91 bits per heavy atom. The highest BCUT2D eigenvalue weighted by atomic mass is 32.2. The molecule has 114 valence electrons. The maximum atomic E-state index is 10.9. The first-order chi connectivity index (χ1) is 10.6. The van der Waals surface area contributed by atoms with Gasteiger partial charge in [-0.3, -0.25) is 0 Å². The number of hydrogen-bond acceptors (Lipinski definition) is 7. The van der Waals surface area contributed by atoms with Crippen LogP contribution in [0.15, 0.2) is 23.4 Å². The Kier molecular flexibility index (Phi) is 3.72. The number of imidazole rings is 1. The number of carboxylic acid groups (broad SMARTS) is 1. The molecule has 0 radical (unpaired) electrons. The van der Waals surface area contributed by atoms with Crippen molar-refractivity contribution < 1.29 is 9.90 Å². The van der Waals surface area contributed by atoms with Crippen molar-refractivity contribution in [1.29, 1.82) is 0 Å². The highest BCUT2D eigenvalue weighted by molar-refractivity contribution is 7.98. The van der Waals surface area contributed by atoms with Crippen LogP contribution in [0.4, 0.5) is 5.95 Å². The fourth-order valence-corrected chi connectivity index (χ4v) is 2.97. The Morgan fingerprint density at radius 1 is 1.45 bits per heavy atom. The Balaban J connectivity index is 1.92. The van der Waals surface area contributed by atoms with Crippen molar-refractivity contribution in [2.24, 2.45) is 0 Å². The molecule has 0 saturated carbocycles. The van der Waals surface area contributed by atoms with Gasteiger partial charge in [0.2, 0.25) is 11.1 Å². The molecule has 0 bridgehead atoms. The van der Waals surface area contributed by atoms with Crippen LogP contribution in [0.5, 0.6) is 0 Å². The van der Waals surface area contributed by atoms with E-state index in [-0.39, 0.29) is 11.5 Å². The number of aromatic carboxylic acids is 1. The van der Waals surface area contributed by atoms with Gasteiger partial charge in [-0.15, -0.1) is 5.10 Å². The van der Waals surface area contributed by atoms with Gasteiger partial charge >= 0.3 is 0 Å². The van der Waals surface area contributed by atoms with Crippen molar-refractivity contribution in [3.63, 3.8) is 0 Å². The number of fused-ring (bicyclic) bond motifs is 1. The lowest BCUT2D eigenvalue weighted by Crippen LogP contribution is -2.21. The van der Waals surface area contributed by atoms with Crippen LogP contribution < -0.4 is 10.8 Å². The number of hydrogen-bond donors (Lipinski definition) is 2. The number of benzene rings is 1. The van der Waals surface area contributed by atoms with E-state index in [2.05, 4.69) is 20.2 Å². The first-order valence-electron chi connectivity index (χ1n) is 6.59. The molecule has 2 heterocycles. The number of aryl methyl sites for hydroxylation is 1. The van der Waals surface area contributed by atoms with Gasteiger partial charge in [-0.1, -0.05) is 17.8 Å². The van der Waals surface area contributed by atoms with Crippen LogP contribution in [0, 0.1) is 0 Å². The third-order valence-electron chi connectivity index (χ3n) is 3.19. The average molecular weight is 317 g/mol. The molecule has 3 rings (SSSR count). The number of carbonyl (C=O) groups excluding carboxylic acids is 1. The summed E-state index contributed by atoms with van der Waals surface area (Å²) in [5.74, 6) is 0.437. The average Bonchev–Trinajstić information content (AvgIpc) is 3.06. The zero-order chi connectivity index (χ0) is 15.7. The summed E-state index contributed by atoms with van der Waals surface area (Å²) >= 11 is 1.40. The van der Waals surface area contributed by atoms with Crippen molar-refractivity contribution in [2.75, 3.05) is 5.73 Å². The molecule has 3 aromatic rings. The van der Waals surface area contributed by atoms with Crippen molar-refractivity contribution in [3.8, 4) is 0 Å². The molecule has 0 amide bonds. The predicted molar refractivity (Wildman–Crippen MR) is 80.1 cm³/mol. The molecule has 9 heteroatoms. The van der Waals surface area contributed by atoms with Crippen molar-refractivity contribution in [3.05, 3.63) is 29.6 Å². The van der Waals surface area contributed by atoms with Crippen LogP contribution in [-0.2, 0) is 12.3 Å². The summed E-state index contributed by atoms with van der Waals surface area (Å²) in [4.78, 5) is 19.5. The maximum Gasteiger partial charge on any atom is 0.216 e. The highest BCUT2D eigenvalue weighted by Crippen LogP contribution is 2.23. The van der Waals surface area contributed by atoms with Crippen molar-refractivity contribution in [2.45, 2.75) is 24.4 Å². The standard InChI is InChI=1S/C13H14N6O2S/c1-2-19-9-4-3-7(11(20)21)5-8(9)15-10(19)6-22-13-16-12(14)17-18-13/h3-5H,2,6H2,1H3,(H,20,21)(H3,14,16,17,18)/p-1. The lowest BCUT2D eigenvalue weighted by atomic mass is 10.2. The van der Waals surface area contributed by atoms with Gasteiger partial charge in [0.25, 0.3) is 0 Å². The Labute approximate surface area is 129 Å². The summed E-state index contributed by atoms with van der Waals surface area (Å²) < 4.78 is 2.03. The van der Waals surface area contributed by atoms with Gasteiger partial charge in [0, 0.05) is 6.54 Å². The van der Waals surface area contributed by atoms with E-state index >= 15 is 0 Å². The van der Waals surface area contributed by atoms with Gasteiger partial charge < -0.3 is 20.2 Å². The smallest absolute Gasteiger partial charge is 0.216 e. The van der Waals surface area contributed by atoms with Crippen LogP contribution >= 0.6 is 11.8 Å². The summed E-state index contributed by atoms with van der Waals surface area (Å²) in [5, 5.41) is 18.0. The zero-order valence-corrected chi connectivity index (χ0v) is 12.6. The monoisotopic (exact) mass is 317 g/mol. The number of thioether (sulfide) groups is 1. The first kappa shape index (κ1) is 14.4. The van der Waals surface area contributed by atoms with E-state index in [4.69, 9.17) is 5.73 Å². The first-order valence-corrected chi connectivity index (χ1v) is 7.58. The second-order valence-electron chi connectivity index (χ2n) is 4.56. The molecule has 0 saturated heterocycles. The molecule has 0 aliphatic heterocycles. The van der Waals surface area contributed by atoms with Crippen LogP contribution in [0.25, 0.3) is 11.0 Å². The summed E-state index contributed by atoms with van der Waals surface area (Å²) in [5.41, 5.74) is 7.12. The van der Waals surface area contributed by atoms with Crippen molar-refractivity contribution in [1.82, 2.24) is 24.7 Å². The number of aromatic nitrogens is 5. The van der Waals surface area contributed by atoms with Gasteiger partial charge in [0.1, 0.15) is 5.82 Å². The van der Waals surface area contributed by atoms with Crippen LogP contribution in [-0.4, -0.2) is 30.7 Å².